The normalized spacial score (nSPS) is 9.43. The Hall–Kier alpha value is -1.77. The molecule has 103 valence electrons. The van der Waals surface area contributed by atoms with Gasteiger partial charge in [-0.25, -0.2) is 11.7 Å². The van der Waals surface area contributed by atoms with Gasteiger partial charge in [-0.05, 0) is 24.3 Å². The first kappa shape index (κ1) is 17.3. The van der Waals surface area contributed by atoms with Crippen LogP contribution in [0.25, 0.3) is 11.3 Å². The van der Waals surface area contributed by atoms with E-state index in [2.05, 4.69) is 4.98 Å². The van der Waals surface area contributed by atoms with E-state index < -0.39 is 11.8 Å². The van der Waals surface area contributed by atoms with Crippen LogP contribution in [-0.4, -0.2) is 46.4 Å². The minimum Gasteiger partial charge on any atom is -0.290 e. The first-order valence-electron chi connectivity index (χ1n) is 5.75. The number of carbonyl (C=O) groups is 2. The summed E-state index contributed by atoms with van der Waals surface area (Å²) in [4.78, 5) is 27.8. The molecule has 0 fully saturated rings. The molecule has 0 saturated carbocycles. The summed E-state index contributed by atoms with van der Waals surface area (Å²) in [6.45, 7) is 0. The summed E-state index contributed by atoms with van der Waals surface area (Å²) < 4.78 is 0. The van der Waals surface area contributed by atoms with E-state index in [0.717, 1.165) is 0 Å². The van der Waals surface area contributed by atoms with Crippen LogP contribution < -0.4 is 22.5 Å². The fourth-order valence-electron chi connectivity index (χ4n) is 1.87. The van der Waals surface area contributed by atoms with Gasteiger partial charge in [0.15, 0.2) is 0 Å². The molecule has 0 bridgehead atoms. The van der Waals surface area contributed by atoms with E-state index in [-0.39, 0.29) is 40.7 Å². The van der Waals surface area contributed by atoms with Crippen molar-refractivity contribution in [1.82, 2.24) is 15.8 Å². The van der Waals surface area contributed by atoms with E-state index in [1.54, 1.807) is 42.6 Å². The molecule has 7 nitrogen and oxygen atoms in total. The second-order valence-corrected chi connectivity index (χ2v) is 3.89. The molecule has 6 N–H and O–H groups in total. The Morgan fingerprint density at radius 1 is 0.905 bits per heavy atom. The number of nitrogens with one attached hydrogen (secondary N) is 2. The van der Waals surface area contributed by atoms with Gasteiger partial charge in [0.05, 0.1) is 16.8 Å². The van der Waals surface area contributed by atoms with Gasteiger partial charge in [0.1, 0.15) is 0 Å². The predicted octanol–water partition coefficient (Wildman–Crippen LogP) is -0.425. The molecule has 8 heteroatoms. The van der Waals surface area contributed by atoms with Crippen molar-refractivity contribution < 1.29 is 9.59 Å². The molecule has 0 saturated heterocycles. The van der Waals surface area contributed by atoms with Crippen molar-refractivity contribution in [3.05, 3.63) is 53.7 Å². The molecule has 2 rings (SSSR count). The molecule has 2 amide bonds. The van der Waals surface area contributed by atoms with E-state index in [0.29, 0.717) is 11.3 Å². The van der Waals surface area contributed by atoms with Gasteiger partial charge in [-0.3, -0.25) is 25.4 Å². The molecule has 0 unspecified atom stereocenters. The Kier molecular flexibility index (Phi) is 6.47. The number of nitrogens with zero attached hydrogens (tertiary/aromatic N) is 1. The molecule has 0 aliphatic heterocycles. The molecule has 0 aliphatic carbocycles. The number of nitrogen functional groups attached to an aromatic ring is 2. The number of pyridine rings is 1. The van der Waals surface area contributed by atoms with Gasteiger partial charge in [0.2, 0.25) is 0 Å². The molecule has 1 radical (unpaired) electrons. The zero-order valence-corrected chi connectivity index (χ0v) is 13.5. The van der Waals surface area contributed by atoms with Gasteiger partial charge in [0, 0.05) is 41.3 Å². The molecule has 2 aromatic rings. The monoisotopic (exact) mass is 294 g/mol. The Labute approximate surface area is 143 Å². The third-order valence-corrected chi connectivity index (χ3v) is 2.74. The van der Waals surface area contributed by atoms with Crippen molar-refractivity contribution in [2.24, 2.45) is 11.7 Å². The van der Waals surface area contributed by atoms with Gasteiger partial charge >= 0.3 is 0 Å². The van der Waals surface area contributed by atoms with Gasteiger partial charge in [-0.2, -0.15) is 0 Å². The Balaban J connectivity index is 0.00000220. The number of rotatable bonds is 3. The standard InChI is InChI=1S/C13H13N5O2.Na/c14-17-12(19)8-4-3-5-9(13(20)18-15)11(8)10-6-1-2-7-16-10;/h1-7H,14-15H2,(H,17,19)(H,18,20);. The van der Waals surface area contributed by atoms with E-state index in [1.807, 2.05) is 10.9 Å². The molecule has 1 aromatic heterocycles. The van der Waals surface area contributed by atoms with Crippen LogP contribution in [0.1, 0.15) is 20.7 Å². The second-order valence-electron chi connectivity index (χ2n) is 3.89. The third kappa shape index (κ3) is 3.66. The Morgan fingerprint density at radius 2 is 1.48 bits per heavy atom. The molecule has 0 atom stereocenters. The molecule has 1 heterocycles. The minimum absolute atomic E-state index is 0. The van der Waals surface area contributed by atoms with Crippen LogP contribution in [0.5, 0.6) is 0 Å². The number of carbonyl (C=O) groups excluding carboxylic acids is 2. The first-order chi connectivity index (χ1) is 9.69. The van der Waals surface area contributed by atoms with Crippen LogP contribution in [0.15, 0.2) is 42.6 Å². The van der Waals surface area contributed by atoms with Gasteiger partial charge in [-0.1, -0.05) is 12.1 Å². The Bertz CT molecular complexity index is 614. The van der Waals surface area contributed by atoms with Crippen LogP contribution in [0.3, 0.4) is 0 Å². The van der Waals surface area contributed by atoms with Crippen molar-refractivity contribution in [3.63, 3.8) is 0 Å². The average Bonchev–Trinajstić information content (AvgIpc) is 2.53. The number of hydrogen-bond acceptors (Lipinski definition) is 5. The topological polar surface area (TPSA) is 123 Å². The predicted molar refractivity (Wildman–Crippen MR) is 78.7 cm³/mol. The summed E-state index contributed by atoms with van der Waals surface area (Å²) in [5.74, 6) is 9.30. The van der Waals surface area contributed by atoms with Crippen molar-refractivity contribution >= 4 is 41.4 Å². The smallest absolute Gasteiger partial charge is 0.265 e. The van der Waals surface area contributed by atoms with Crippen LogP contribution >= 0.6 is 0 Å². The van der Waals surface area contributed by atoms with Crippen LogP contribution in [0, 0.1) is 0 Å². The summed E-state index contributed by atoms with van der Waals surface area (Å²) in [5.41, 5.74) is 5.43. The molecular weight excluding hydrogens is 281 g/mol. The van der Waals surface area contributed by atoms with E-state index in [1.165, 1.54) is 0 Å². The fraction of sp³-hybridized carbons (Fsp3) is 0. The summed E-state index contributed by atoms with van der Waals surface area (Å²) in [6, 6.07) is 9.86. The van der Waals surface area contributed by atoms with Crippen LogP contribution in [0.4, 0.5) is 0 Å². The quantitative estimate of drug-likeness (QED) is 0.265. The van der Waals surface area contributed by atoms with Crippen LogP contribution in [-0.2, 0) is 0 Å². The van der Waals surface area contributed by atoms with Crippen molar-refractivity contribution in [2.45, 2.75) is 0 Å². The first-order valence-corrected chi connectivity index (χ1v) is 5.75. The van der Waals surface area contributed by atoms with Crippen molar-refractivity contribution in [3.8, 4) is 11.3 Å². The number of hydrazine groups is 2. The maximum absolute atomic E-state index is 11.8. The summed E-state index contributed by atoms with van der Waals surface area (Å²) in [7, 11) is 0. The minimum atomic E-state index is -0.516. The molecular formula is C13H13N5NaO2. The van der Waals surface area contributed by atoms with E-state index in [4.69, 9.17) is 11.7 Å². The molecule has 21 heavy (non-hydrogen) atoms. The van der Waals surface area contributed by atoms with E-state index in [9.17, 15) is 9.59 Å². The summed E-state index contributed by atoms with van der Waals surface area (Å²) in [6.07, 6.45) is 1.57. The van der Waals surface area contributed by atoms with Gasteiger partial charge in [0.25, 0.3) is 11.8 Å². The average molecular weight is 294 g/mol. The second kappa shape index (κ2) is 7.87. The largest absolute Gasteiger partial charge is 0.290 e. The molecule has 0 spiro atoms. The zero-order valence-electron chi connectivity index (χ0n) is 11.5. The number of aromatic nitrogens is 1. The SMILES string of the molecule is NNC(=O)c1cccc(C(=O)NN)c1-c1ccccn1.[Na]. The van der Waals surface area contributed by atoms with Gasteiger partial charge in [-0.15, -0.1) is 0 Å². The van der Waals surface area contributed by atoms with Crippen molar-refractivity contribution in [1.29, 1.82) is 0 Å². The third-order valence-electron chi connectivity index (χ3n) is 2.74. The van der Waals surface area contributed by atoms with E-state index >= 15 is 0 Å². The number of hydrogen-bond donors (Lipinski definition) is 4. The zero-order chi connectivity index (χ0) is 14.5. The molecule has 0 aliphatic rings. The number of benzene rings is 1. The van der Waals surface area contributed by atoms with Crippen LogP contribution in [0.2, 0.25) is 0 Å². The van der Waals surface area contributed by atoms with Crippen molar-refractivity contribution in [2.75, 3.05) is 0 Å². The molecule has 1 aromatic carbocycles. The Morgan fingerprint density at radius 3 is 1.90 bits per heavy atom. The number of amides is 2. The van der Waals surface area contributed by atoms with Gasteiger partial charge < -0.3 is 0 Å². The maximum Gasteiger partial charge on any atom is 0.265 e. The maximum atomic E-state index is 11.8. The summed E-state index contributed by atoms with van der Waals surface area (Å²) >= 11 is 0. The summed E-state index contributed by atoms with van der Waals surface area (Å²) in [5, 5.41) is 0. The number of nitrogens with two attached hydrogens (primary N) is 2. The fourth-order valence-corrected chi connectivity index (χ4v) is 1.87.